The minimum atomic E-state index is -3.80. The lowest BCUT2D eigenvalue weighted by Crippen LogP contribution is -2.13. The maximum atomic E-state index is 12.7. The fourth-order valence-corrected chi connectivity index (χ4v) is 4.07. The van der Waals surface area contributed by atoms with Crippen LogP contribution in [0, 0.1) is 13.8 Å². The van der Waals surface area contributed by atoms with Crippen LogP contribution in [0.2, 0.25) is 0 Å². The number of carbonyl (C=O) groups is 2. The third kappa shape index (κ3) is 5.81. The standard InChI is InChI=1S/C25H26N2O6S/c1-4-32-24-8-6-5-7-19(24)9-14-25(29)33-16-23(28)22-15-17(2)27(18(22)3)20-10-12-21(13-11-20)34(26,30)31/h5-15H,4,16H2,1-3H3,(H2,26,30,31)/b14-9+. The van der Waals surface area contributed by atoms with Crippen LogP contribution in [0.1, 0.15) is 34.2 Å². The van der Waals surface area contributed by atoms with Gasteiger partial charge in [0.25, 0.3) is 0 Å². The summed E-state index contributed by atoms with van der Waals surface area (Å²) in [5.41, 5.74) is 3.22. The number of para-hydroxylation sites is 1. The Balaban J connectivity index is 1.70. The summed E-state index contributed by atoms with van der Waals surface area (Å²) in [4.78, 5) is 24.9. The lowest BCUT2D eigenvalue weighted by molar-refractivity contribution is -0.136. The smallest absolute Gasteiger partial charge is 0.331 e. The molecule has 0 aliphatic rings. The maximum absolute atomic E-state index is 12.7. The molecule has 0 spiro atoms. The van der Waals surface area contributed by atoms with Gasteiger partial charge in [0.1, 0.15) is 5.75 Å². The average Bonchev–Trinajstić information content (AvgIpc) is 3.10. The van der Waals surface area contributed by atoms with Gasteiger partial charge in [-0.3, -0.25) is 4.79 Å². The fraction of sp³-hybridized carbons (Fsp3) is 0.200. The van der Waals surface area contributed by atoms with Gasteiger partial charge in [-0.25, -0.2) is 18.4 Å². The summed E-state index contributed by atoms with van der Waals surface area (Å²) in [5.74, 6) is -0.348. The van der Waals surface area contributed by atoms with Crippen LogP contribution in [-0.2, 0) is 19.6 Å². The molecule has 3 rings (SSSR count). The summed E-state index contributed by atoms with van der Waals surface area (Å²) in [7, 11) is -3.80. The van der Waals surface area contributed by atoms with Crippen molar-refractivity contribution in [1.82, 2.24) is 4.57 Å². The Morgan fingerprint density at radius 3 is 2.38 bits per heavy atom. The highest BCUT2D eigenvalue weighted by atomic mass is 32.2. The van der Waals surface area contributed by atoms with Gasteiger partial charge in [-0.15, -0.1) is 0 Å². The summed E-state index contributed by atoms with van der Waals surface area (Å²) in [6.07, 6.45) is 2.83. The second-order valence-corrected chi connectivity index (χ2v) is 9.06. The molecular weight excluding hydrogens is 456 g/mol. The SMILES string of the molecule is CCOc1ccccc1/C=C/C(=O)OCC(=O)c1cc(C)n(-c2ccc(S(N)(=O)=O)cc2)c1C. The molecule has 9 heteroatoms. The number of hydrogen-bond donors (Lipinski definition) is 1. The Labute approximate surface area is 198 Å². The van der Waals surface area contributed by atoms with Crippen molar-refractivity contribution in [1.29, 1.82) is 0 Å². The number of aryl methyl sites for hydroxylation is 1. The van der Waals surface area contributed by atoms with E-state index in [9.17, 15) is 18.0 Å². The summed E-state index contributed by atoms with van der Waals surface area (Å²) < 4.78 is 35.4. The lowest BCUT2D eigenvalue weighted by Gasteiger charge is -2.10. The Kier molecular flexibility index (Phi) is 7.70. The number of aromatic nitrogens is 1. The van der Waals surface area contributed by atoms with Crippen molar-refractivity contribution < 1.29 is 27.5 Å². The number of nitrogens with zero attached hydrogens (tertiary/aromatic N) is 1. The second-order valence-electron chi connectivity index (χ2n) is 7.49. The molecule has 0 atom stereocenters. The third-order valence-electron chi connectivity index (χ3n) is 5.12. The molecule has 0 fully saturated rings. The Bertz CT molecular complexity index is 1340. The highest BCUT2D eigenvalue weighted by Gasteiger charge is 2.18. The minimum Gasteiger partial charge on any atom is -0.493 e. The highest BCUT2D eigenvalue weighted by Crippen LogP contribution is 2.23. The predicted molar refractivity (Wildman–Crippen MR) is 129 cm³/mol. The van der Waals surface area contributed by atoms with Crippen molar-refractivity contribution in [2.75, 3.05) is 13.2 Å². The zero-order chi connectivity index (χ0) is 24.9. The third-order valence-corrected chi connectivity index (χ3v) is 6.05. The van der Waals surface area contributed by atoms with Gasteiger partial charge in [0.05, 0.1) is 11.5 Å². The number of ketones is 1. The first-order valence-corrected chi connectivity index (χ1v) is 12.1. The van der Waals surface area contributed by atoms with Gasteiger partial charge in [0.2, 0.25) is 15.8 Å². The average molecular weight is 483 g/mol. The fourth-order valence-electron chi connectivity index (χ4n) is 3.55. The Morgan fingerprint density at radius 1 is 1.06 bits per heavy atom. The van der Waals surface area contributed by atoms with Gasteiger partial charge in [0.15, 0.2) is 6.61 Å². The van der Waals surface area contributed by atoms with E-state index in [0.29, 0.717) is 29.3 Å². The minimum absolute atomic E-state index is 0.00106. The van der Waals surface area contributed by atoms with Gasteiger partial charge in [-0.05, 0) is 63.2 Å². The molecule has 34 heavy (non-hydrogen) atoms. The van der Waals surface area contributed by atoms with Crippen molar-refractivity contribution in [3.8, 4) is 11.4 Å². The molecule has 0 bridgehead atoms. The van der Waals surface area contributed by atoms with Crippen molar-refractivity contribution in [3.05, 3.63) is 83.2 Å². The van der Waals surface area contributed by atoms with Gasteiger partial charge in [-0.1, -0.05) is 18.2 Å². The zero-order valence-electron chi connectivity index (χ0n) is 19.1. The highest BCUT2D eigenvalue weighted by molar-refractivity contribution is 7.89. The predicted octanol–water partition coefficient (Wildman–Crippen LogP) is 3.58. The number of benzene rings is 2. The molecule has 2 aromatic carbocycles. The van der Waals surface area contributed by atoms with Crippen LogP contribution in [0.25, 0.3) is 11.8 Å². The maximum Gasteiger partial charge on any atom is 0.331 e. The molecule has 0 aliphatic heterocycles. The van der Waals surface area contributed by atoms with E-state index in [1.165, 1.54) is 18.2 Å². The number of rotatable bonds is 9. The molecule has 0 radical (unpaired) electrons. The van der Waals surface area contributed by atoms with Crippen LogP contribution in [0.15, 0.2) is 65.6 Å². The van der Waals surface area contributed by atoms with Gasteiger partial charge in [0, 0.05) is 34.3 Å². The number of hydrogen-bond acceptors (Lipinski definition) is 6. The molecule has 2 N–H and O–H groups in total. The molecule has 3 aromatic rings. The van der Waals surface area contributed by atoms with E-state index in [0.717, 1.165) is 11.3 Å². The number of nitrogens with two attached hydrogens (primary N) is 1. The first kappa shape index (κ1) is 24.9. The van der Waals surface area contributed by atoms with Crippen LogP contribution in [0.3, 0.4) is 0 Å². The van der Waals surface area contributed by atoms with Crippen molar-refractivity contribution in [3.63, 3.8) is 0 Å². The summed E-state index contributed by atoms with van der Waals surface area (Å²) in [5, 5.41) is 5.15. The number of esters is 1. The Morgan fingerprint density at radius 2 is 1.74 bits per heavy atom. The second kappa shape index (κ2) is 10.5. The molecule has 0 aliphatic carbocycles. The van der Waals surface area contributed by atoms with E-state index in [-0.39, 0.29) is 10.7 Å². The number of carbonyl (C=O) groups excluding carboxylic acids is 2. The summed E-state index contributed by atoms with van der Waals surface area (Å²) in [6.45, 7) is 5.54. The van der Waals surface area contributed by atoms with E-state index in [1.807, 2.05) is 36.6 Å². The van der Waals surface area contributed by atoms with Gasteiger partial charge >= 0.3 is 5.97 Å². The number of sulfonamides is 1. The largest absolute Gasteiger partial charge is 0.493 e. The topological polar surface area (TPSA) is 118 Å². The molecule has 1 aromatic heterocycles. The number of ether oxygens (including phenoxy) is 2. The molecule has 178 valence electrons. The van der Waals surface area contributed by atoms with Crippen molar-refractivity contribution >= 4 is 27.9 Å². The van der Waals surface area contributed by atoms with Crippen LogP contribution in [0.5, 0.6) is 5.75 Å². The molecule has 8 nitrogen and oxygen atoms in total. The molecule has 0 unspecified atom stereocenters. The molecule has 1 heterocycles. The summed E-state index contributed by atoms with van der Waals surface area (Å²) >= 11 is 0. The van der Waals surface area contributed by atoms with Crippen LogP contribution < -0.4 is 9.88 Å². The first-order valence-electron chi connectivity index (χ1n) is 10.5. The molecule has 0 saturated heterocycles. The van der Waals surface area contributed by atoms with E-state index < -0.39 is 22.6 Å². The van der Waals surface area contributed by atoms with Crippen molar-refractivity contribution in [2.45, 2.75) is 25.7 Å². The van der Waals surface area contributed by atoms with Crippen molar-refractivity contribution in [2.24, 2.45) is 5.14 Å². The van der Waals surface area contributed by atoms with Crippen LogP contribution in [-0.4, -0.2) is 38.0 Å². The quantitative estimate of drug-likeness (QED) is 0.283. The monoisotopic (exact) mass is 482 g/mol. The molecule has 0 amide bonds. The molecule has 0 saturated carbocycles. The van der Waals surface area contributed by atoms with Gasteiger partial charge in [-0.2, -0.15) is 0 Å². The van der Waals surface area contributed by atoms with E-state index in [1.54, 1.807) is 37.3 Å². The Hall–Kier alpha value is -3.69. The normalized spacial score (nSPS) is 11.5. The van der Waals surface area contributed by atoms with E-state index >= 15 is 0 Å². The van der Waals surface area contributed by atoms with E-state index in [4.69, 9.17) is 14.6 Å². The lowest BCUT2D eigenvalue weighted by atomic mass is 10.1. The van der Waals surface area contributed by atoms with E-state index in [2.05, 4.69) is 0 Å². The summed E-state index contributed by atoms with van der Waals surface area (Å²) in [6, 6.07) is 15.0. The molecular formula is C25H26N2O6S. The zero-order valence-corrected chi connectivity index (χ0v) is 20.0. The number of primary sulfonamides is 1. The number of Topliss-reactive ketones (excluding diaryl/α,β-unsaturated/α-hetero) is 1. The first-order chi connectivity index (χ1) is 16.1. The van der Waals surface area contributed by atoms with Gasteiger partial charge < -0.3 is 14.0 Å². The van der Waals surface area contributed by atoms with Crippen LogP contribution >= 0.6 is 0 Å². The van der Waals surface area contributed by atoms with Crippen LogP contribution in [0.4, 0.5) is 0 Å².